The molecule has 3 heteroatoms. The number of rotatable bonds is 8. The zero-order chi connectivity index (χ0) is 18.5. The van der Waals surface area contributed by atoms with Gasteiger partial charge in [0.1, 0.15) is 6.10 Å². The van der Waals surface area contributed by atoms with E-state index in [1.54, 1.807) is 48.5 Å². The van der Waals surface area contributed by atoms with Crippen molar-refractivity contribution in [2.75, 3.05) is 13.2 Å². The zero-order valence-corrected chi connectivity index (χ0v) is 15.5. The Morgan fingerprint density at radius 1 is 1.00 bits per heavy atom. The molecule has 0 amide bonds. The summed E-state index contributed by atoms with van der Waals surface area (Å²) in [4.78, 5) is 11.9. The molecule has 1 N–H and O–H groups in total. The van der Waals surface area contributed by atoms with Gasteiger partial charge in [-0.05, 0) is 17.9 Å². The molecule has 25 heavy (non-hydrogen) atoms. The van der Waals surface area contributed by atoms with E-state index in [1.165, 1.54) is 12.8 Å². The van der Waals surface area contributed by atoms with Gasteiger partial charge in [0.05, 0.1) is 0 Å². The minimum atomic E-state index is -1.08. The number of carbonyl (C=O) groups is 1. The molecule has 0 saturated heterocycles. The molecule has 0 bridgehead atoms. The maximum Gasteiger partial charge on any atom is 0.195 e. The monoisotopic (exact) mass is 342 g/mol. The predicted molar refractivity (Wildman–Crippen MR) is 103 cm³/mol. The minimum absolute atomic E-state index is 0.271. The summed E-state index contributed by atoms with van der Waals surface area (Å²) in [5, 5.41) is 9.89. The smallest absolute Gasteiger partial charge is 0.195 e. The van der Waals surface area contributed by atoms with Gasteiger partial charge in [-0.1, -0.05) is 87.9 Å². The second-order valence-corrected chi connectivity index (χ2v) is 6.37. The summed E-state index contributed by atoms with van der Waals surface area (Å²) >= 11 is 0. The van der Waals surface area contributed by atoms with E-state index in [-0.39, 0.29) is 5.78 Å². The van der Waals surface area contributed by atoms with Crippen LogP contribution in [0, 0.1) is 5.92 Å². The number of ketones is 1. The molecule has 0 fully saturated rings. The molecule has 0 spiro atoms. The van der Waals surface area contributed by atoms with Crippen molar-refractivity contribution in [3.63, 3.8) is 0 Å². The van der Waals surface area contributed by atoms with E-state index in [0.717, 1.165) is 13.2 Å². The molecule has 1 unspecified atom stereocenters. The Morgan fingerprint density at radius 2 is 1.56 bits per heavy atom. The SMILES string of the molecule is CCCCOCC(C)C.O=C(c1ccccc1)C(O)c1ccccc1. The Labute approximate surface area is 151 Å². The van der Waals surface area contributed by atoms with Gasteiger partial charge in [-0.15, -0.1) is 0 Å². The molecular formula is C22H30O3. The van der Waals surface area contributed by atoms with Gasteiger partial charge in [0.2, 0.25) is 0 Å². The van der Waals surface area contributed by atoms with Gasteiger partial charge < -0.3 is 9.84 Å². The quantitative estimate of drug-likeness (QED) is 0.538. The largest absolute Gasteiger partial charge is 0.381 e. The highest BCUT2D eigenvalue weighted by Crippen LogP contribution is 2.17. The van der Waals surface area contributed by atoms with Crippen molar-refractivity contribution in [1.29, 1.82) is 0 Å². The first-order valence-electron chi connectivity index (χ1n) is 8.96. The van der Waals surface area contributed by atoms with Gasteiger partial charge in [0.15, 0.2) is 5.78 Å². The molecule has 2 aromatic rings. The molecule has 136 valence electrons. The van der Waals surface area contributed by atoms with Gasteiger partial charge in [0.25, 0.3) is 0 Å². The first-order valence-corrected chi connectivity index (χ1v) is 8.96. The van der Waals surface area contributed by atoms with Crippen molar-refractivity contribution in [2.45, 2.75) is 39.7 Å². The van der Waals surface area contributed by atoms with Crippen LogP contribution >= 0.6 is 0 Å². The van der Waals surface area contributed by atoms with Crippen LogP contribution < -0.4 is 0 Å². The lowest BCUT2D eigenvalue weighted by molar-refractivity contribution is 0.0747. The number of Topliss-reactive ketones (excluding diaryl/α,β-unsaturated/α-hetero) is 1. The number of unbranched alkanes of at least 4 members (excludes halogenated alkanes) is 1. The summed E-state index contributed by atoms with van der Waals surface area (Å²) in [6.45, 7) is 8.38. The fraction of sp³-hybridized carbons (Fsp3) is 0.409. The molecule has 1 atom stereocenters. The van der Waals surface area contributed by atoms with Gasteiger partial charge in [-0.2, -0.15) is 0 Å². The normalized spacial score (nSPS) is 11.6. The summed E-state index contributed by atoms with van der Waals surface area (Å²) in [6.07, 6.45) is 1.36. The van der Waals surface area contributed by atoms with E-state index < -0.39 is 6.10 Å². The van der Waals surface area contributed by atoms with Crippen LogP contribution in [0.2, 0.25) is 0 Å². The highest BCUT2D eigenvalue weighted by Gasteiger charge is 2.18. The van der Waals surface area contributed by atoms with E-state index in [0.29, 0.717) is 17.0 Å². The Bertz CT molecular complexity index is 579. The Morgan fingerprint density at radius 3 is 2.08 bits per heavy atom. The second-order valence-electron chi connectivity index (χ2n) is 6.37. The number of carbonyl (C=O) groups excluding carboxylic acids is 1. The van der Waals surface area contributed by atoms with Crippen LogP contribution in [0.25, 0.3) is 0 Å². The van der Waals surface area contributed by atoms with Crippen LogP contribution in [0.1, 0.15) is 55.6 Å². The summed E-state index contributed by atoms with van der Waals surface area (Å²) in [5.41, 5.74) is 1.15. The van der Waals surface area contributed by atoms with Crippen molar-refractivity contribution in [2.24, 2.45) is 5.92 Å². The van der Waals surface area contributed by atoms with E-state index in [2.05, 4.69) is 20.8 Å². The third kappa shape index (κ3) is 8.62. The summed E-state index contributed by atoms with van der Waals surface area (Å²) in [6, 6.07) is 17.7. The van der Waals surface area contributed by atoms with Crippen molar-refractivity contribution in [3.8, 4) is 0 Å². The topological polar surface area (TPSA) is 46.5 Å². The van der Waals surface area contributed by atoms with Crippen molar-refractivity contribution in [1.82, 2.24) is 0 Å². The van der Waals surface area contributed by atoms with Crippen LogP contribution in [-0.2, 0) is 4.74 Å². The molecule has 0 saturated carbocycles. The average Bonchev–Trinajstić information content (AvgIpc) is 2.66. The van der Waals surface area contributed by atoms with E-state index in [1.807, 2.05) is 12.1 Å². The van der Waals surface area contributed by atoms with Gasteiger partial charge in [-0.25, -0.2) is 0 Å². The maximum atomic E-state index is 11.9. The maximum absolute atomic E-state index is 11.9. The van der Waals surface area contributed by atoms with Crippen molar-refractivity contribution >= 4 is 5.78 Å². The molecule has 0 heterocycles. The molecule has 0 aliphatic rings. The first-order chi connectivity index (χ1) is 12.1. The molecule has 2 aromatic carbocycles. The summed E-state index contributed by atoms with van der Waals surface area (Å²) in [5.74, 6) is 0.411. The zero-order valence-electron chi connectivity index (χ0n) is 15.5. The average molecular weight is 342 g/mol. The summed E-state index contributed by atoms with van der Waals surface area (Å²) < 4.78 is 5.34. The van der Waals surface area contributed by atoms with Crippen LogP contribution in [0.3, 0.4) is 0 Å². The highest BCUT2D eigenvalue weighted by molar-refractivity contribution is 5.99. The molecular weight excluding hydrogens is 312 g/mol. The van der Waals surface area contributed by atoms with Crippen LogP contribution in [0.4, 0.5) is 0 Å². The highest BCUT2D eigenvalue weighted by atomic mass is 16.5. The number of hydrogen-bond acceptors (Lipinski definition) is 3. The predicted octanol–water partition coefficient (Wildman–Crippen LogP) is 5.06. The van der Waals surface area contributed by atoms with Crippen LogP contribution in [0.5, 0.6) is 0 Å². The fourth-order valence-corrected chi connectivity index (χ4v) is 2.11. The van der Waals surface area contributed by atoms with Gasteiger partial charge in [-0.3, -0.25) is 4.79 Å². The fourth-order valence-electron chi connectivity index (χ4n) is 2.11. The van der Waals surface area contributed by atoms with Crippen molar-refractivity contribution in [3.05, 3.63) is 71.8 Å². The number of hydrogen-bond donors (Lipinski definition) is 1. The van der Waals surface area contributed by atoms with Gasteiger partial charge >= 0.3 is 0 Å². The third-order valence-electron chi connectivity index (χ3n) is 3.52. The minimum Gasteiger partial charge on any atom is -0.381 e. The number of aliphatic hydroxyl groups excluding tert-OH is 1. The Hall–Kier alpha value is -1.97. The second kappa shape index (κ2) is 12.4. The van der Waals surface area contributed by atoms with Crippen LogP contribution in [-0.4, -0.2) is 24.1 Å². The molecule has 2 rings (SSSR count). The van der Waals surface area contributed by atoms with Gasteiger partial charge in [0, 0.05) is 18.8 Å². The van der Waals surface area contributed by atoms with E-state index >= 15 is 0 Å². The van der Waals surface area contributed by atoms with Crippen molar-refractivity contribution < 1.29 is 14.6 Å². The third-order valence-corrected chi connectivity index (χ3v) is 3.52. The molecule has 0 aliphatic heterocycles. The number of ether oxygens (including phenoxy) is 1. The first kappa shape index (κ1) is 21.1. The lowest BCUT2D eigenvalue weighted by Gasteiger charge is -2.09. The summed E-state index contributed by atoms with van der Waals surface area (Å²) in [7, 11) is 0. The molecule has 0 radical (unpaired) electrons. The van der Waals surface area contributed by atoms with Crippen LogP contribution in [0.15, 0.2) is 60.7 Å². The lowest BCUT2D eigenvalue weighted by Crippen LogP contribution is -2.11. The number of benzene rings is 2. The standard InChI is InChI=1S/C14H12O2.C8H18O/c15-13(11-7-3-1-4-8-11)14(16)12-9-5-2-6-10-12;1-4-5-6-9-7-8(2)3/h1-10,13,15H;8H,4-7H2,1-3H3. The van der Waals surface area contributed by atoms with E-state index in [4.69, 9.17) is 4.74 Å². The molecule has 3 nitrogen and oxygen atoms in total. The Kier molecular flexibility index (Phi) is 10.5. The molecule has 0 aliphatic carbocycles. The van der Waals surface area contributed by atoms with E-state index in [9.17, 15) is 9.90 Å². The molecule has 0 aromatic heterocycles. The Balaban J connectivity index is 0.000000299. The lowest BCUT2D eigenvalue weighted by atomic mass is 10.0. The number of aliphatic hydroxyl groups is 1.